The number of fused-ring (bicyclic) bond motifs is 1. The van der Waals surface area contributed by atoms with E-state index in [4.69, 9.17) is 0 Å². The lowest BCUT2D eigenvalue weighted by atomic mass is 10.1. The third kappa shape index (κ3) is 3.78. The Balaban J connectivity index is 1.54. The van der Waals surface area contributed by atoms with Crippen molar-refractivity contribution in [2.45, 2.75) is 33.6 Å². The second kappa shape index (κ2) is 6.88. The van der Waals surface area contributed by atoms with Crippen LogP contribution in [0.3, 0.4) is 0 Å². The summed E-state index contributed by atoms with van der Waals surface area (Å²) in [6, 6.07) is 12.2. The van der Waals surface area contributed by atoms with Crippen molar-refractivity contribution in [3.8, 4) is 11.5 Å². The summed E-state index contributed by atoms with van der Waals surface area (Å²) in [5.74, 6) is -0.580. The van der Waals surface area contributed by atoms with Crippen LogP contribution in [0.1, 0.15) is 32.9 Å². The number of ether oxygens (including phenoxy) is 2. The molecule has 0 fully saturated rings. The highest BCUT2D eigenvalue weighted by molar-refractivity contribution is 6.06. The van der Waals surface area contributed by atoms with Gasteiger partial charge >= 0.3 is 6.29 Å². The van der Waals surface area contributed by atoms with Crippen molar-refractivity contribution in [2.75, 3.05) is 5.32 Å². The molecule has 2 aromatic carbocycles. The zero-order valence-electron chi connectivity index (χ0n) is 16.1. The van der Waals surface area contributed by atoms with E-state index in [1.165, 1.54) is 23.8 Å². The van der Waals surface area contributed by atoms with Crippen LogP contribution in [0.15, 0.2) is 42.5 Å². The number of carbonyl (C=O) groups is 1. The standard InChI is InChI=1S/C21H19F2N3O3/c1-12-4-6-15(7-5-12)11-26-14(3)19(13(2)25-26)20(27)24-16-8-9-17-18(10-16)29-21(22,23)28-17/h4-10H,11H2,1-3H3,(H,24,27). The predicted molar refractivity (Wildman–Crippen MR) is 103 cm³/mol. The minimum absolute atomic E-state index is 0.0775. The Morgan fingerprint density at radius 3 is 2.48 bits per heavy atom. The average molecular weight is 399 g/mol. The lowest BCUT2D eigenvalue weighted by molar-refractivity contribution is -0.286. The molecule has 0 radical (unpaired) electrons. The summed E-state index contributed by atoms with van der Waals surface area (Å²) >= 11 is 0. The lowest BCUT2D eigenvalue weighted by Crippen LogP contribution is -2.25. The average Bonchev–Trinajstić information content (AvgIpc) is 3.10. The zero-order valence-corrected chi connectivity index (χ0v) is 16.1. The number of nitrogens with zero attached hydrogens (tertiary/aromatic N) is 2. The normalized spacial score (nSPS) is 14.1. The Kier molecular flexibility index (Phi) is 4.49. The summed E-state index contributed by atoms with van der Waals surface area (Å²) in [5.41, 5.74) is 4.31. The molecule has 3 aromatic rings. The van der Waals surface area contributed by atoms with Gasteiger partial charge in [0.1, 0.15) is 0 Å². The molecule has 0 atom stereocenters. The van der Waals surface area contributed by atoms with Gasteiger partial charge in [-0.1, -0.05) is 29.8 Å². The first-order chi connectivity index (χ1) is 13.7. The second-order valence-electron chi connectivity index (χ2n) is 6.97. The summed E-state index contributed by atoms with van der Waals surface area (Å²) in [6.45, 7) is 6.14. The van der Waals surface area contributed by atoms with Crippen molar-refractivity contribution in [2.24, 2.45) is 0 Å². The smallest absolute Gasteiger partial charge is 0.395 e. The summed E-state index contributed by atoms with van der Waals surface area (Å²) in [6.07, 6.45) is -3.70. The van der Waals surface area contributed by atoms with Gasteiger partial charge in [-0.05, 0) is 38.5 Å². The molecule has 0 spiro atoms. The van der Waals surface area contributed by atoms with Crippen LogP contribution < -0.4 is 14.8 Å². The summed E-state index contributed by atoms with van der Waals surface area (Å²) in [7, 11) is 0. The number of anilines is 1. The first kappa shape index (κ1) is 18.9. The van der Waals surface area contributed by atoms with Gasteiger partial charge in [0.05, 0.1) is 17.8 Å². The molecule has 0 aliphatic carbocycles. The lowest BCUT2D eigenvalue weighted by Gasteiger charge is -2.08. The van der Waals surface area contributed by atoms with Crippen LogP contribution in [0.25, 0.3) is 0 Å². The van der Waals surface area contributed by atoms with E-state index in [1.807, 2.05) is 38.1 Å². The van der Waals surface area contributed by atoms with Crippen LogP contribution >= 0.6 is 0 Å². The van der Waals surface area contributed by atoms with E-state index < -0.39 is 6.29 Å². The summed E-state index contributed by atoms with van der Waals surface area (Å²) < 4.78 is 36.9. The molecule has 150 valence electrons. The molecule has 6 nitrogen and oxygen atoms in total. The molecule has 8 heteroatoms. The second-order valence-corrected chi connectivity index (χ2v) is 6.97. The van der Waals surface area contributed by atoms with Gasteiger partial charge in [0.2, 0.25) is 0 Å². The molecule has 0 saturated carbocycles. The Hall–Kier alpha value is -3.42. The number of rotatable bonds is 4. The maximum absolute atomic E-state index is 13.2. The van der Waals surface area contributed by atoms with Crippen molar-refractivity contribution in [1.29, 1.82) is 0 Å². The van der Waals surface area contributed by atoms with Crippen LogP contribution in [0.5, 0.6) is 11.5 Å². The first-order valence-corrected chi connectivity index (χ1v) is 9.02. The monoisotopic (exact) mass is 399 g/mol. The van der Waals surface area contributed by atoms with Gasteiger partial charge in [-0.3, -0.25) is 9.48 Å². The highest BCUT2D eigenvalue weighted by atomic mass is 19.3. The van der Waals surface area contributed by atoms with Crippen LogP contribution in [0.4, 0.5) is 14.5 Å². The number of carbonyl (C=O) groups excluding carboxylic acids is 1. The topological polar surface area (TPSA) is 65.4 Å². The third-order valence-electron chi connectivity index (χ3n) is 4.72. The van der Waals surface area contributed by atoms with E-state index >= 15 is 0 Å². The van der Waals surface area contributed by atoms with E-state index in [2.05, 4.69) is 19.9 Å². The molecule has 29 heavy (non-hydrogen) atoms. The molecule has 1 amide bonds. The predicted octanol–water partition coefficient (Wildman–Crippen LogP) is 4.43. The number of aryl methyl sites for hydroxylation is 2. The SMILES string of the molecule is Cc1ccc(Cn2nc(C)c(C(=O)Nc3ccc4c(c3)OC(F)(F)O4)c2C)cc1. The van der Waals surface area contributed by atoms with E-state index in [0.717, 1.165) is 5.56 Å². The van der Waals surface area contributed by atoms with Crippen molar-refractivity contribution in [3.63, 3.8) is 0 Å². The molecule has 0 bridgehead atoms. The highest BCUT2D eigenvalue weighted by Crippen LogP contribution is 2.42. The van der Waals surface area contributed by atoms with E-state index in [0.29, 0.717) is 29.2 Å². The maximum Gasteiger partial charge on any atom is 0.586 e. The van der Waals surface area contributed by atoms with Gasteiger partial charge in [-0.2, -0.15) is 5.10 Å². The third-order valence-corrected chi connectivity index (χ3v) is 4.72. The number of amides is 1. The minimum atomic E-state index is -3.70. The first-order valence-electron chi connectivity index (χ1n) is 9.02. The molecule has 0 unspecified atom stereocenters. The molecule has 1 aliphatic heterocycles. The van der Waals surface area contributed by atoms with Gasteiger partial charge in [0.15, 0.2) is 11.5 Å². The molecule has 1 aliphatic rings. The molecule has 1 N–H and O–H groups in total. The van der Waals surface area contributed by atoms with Gasteiger partial charge in [-0.15, -0.1) is 8.78 Å². The van der Waals surface area contributed by atoms with Crippen LogP contribution in [-0.2, 0) is 6.54 Å². The molecular weight excluding hydrogens is 380 g/mol. The van der Waals surface area contributed by atoms with Crippen molar-refractivity contribution < 1.29 is 23.0 Å². The number of alkyl halides is 2. The van der Waals surface area contributed by atoms with E-state index in [9.17, 15) is 13.6 Å². The Bertz CT molecular complexity index is 1090. The number of aromatic nitrogens is 2. The van der Waals surface area contributed by atoms with Crippen LogP contribution in [-0.4, -0.2) is 22.0 Å². The van der Waals surface area contributed by atoms with Crippen molar-refractivity contribution >= 4 is 11.6 Å². The largest absolute Gasteiger partial charge is 0.586 e. The van der Waals surface area contributed by atoms with E-state index in [1.54, 1.807) is 11.6 Å². The van der Waals surface area contributed by atoms with Gasteiger partial charge in [0, 0.05) is 17.4 Å². The molecule has 1 aromatic heterocycles. The van der Waals surface area contributed by atoms with Gasteiger partial charge < -0.3 is 14.8 Å². The Morgan fingerprint density at radius 2 is 1.76 bits per heavy atom. The van der Waals surface area contributed by atoms with Crippen LogP contribution in [0, 0.1) is 20.8 Å². The van der Waals surface area contributed by atoms with Crippen molar-refractivity contribution in [1.82, 2.24) is 9.78 Å². The fourth-order valence-corrected chi connectivity index (χ4v) is 3.27. The number of benzene rings is 2. The maximum atomic E-state index is 13.2. The molecule has 2 heterocycles. The number of halogens is 2. The number of hydrogen-bond acceptors (Lipinski definition) is 4. The number of hydrogen-bond donors (Lipinski definition) is 1. The summed E-state index contributed by atoms with van der Waals surface area (Å²) in [4.78, 5) is 12.8. The van der Waals surface area contributed by atoms with E-state index in [-0.39, 0.29) is 17.4 Å². The van der Waals surface area contributed by atoms with Crippen LogP contribution in [0.2, 0.25) is 0 Å². The van der Waals surface area contributed by atoms with Crippen molar-refractivity contribution in [3.05, 3.63) is 70.5 Å². The summed E-state index contributed by atoms with van der Waals surface area (Å²) in [5, 5.41) is 7.19. The minimum Gasteiger partial charge on any atom is -0.395 e. The quantitative estimate of drug-likeness (QED) is 0.705. The highest BCUT2D eigenvalue weighted by Gasteiger charge is 2.43. The fraction of sp³-hybridized carbons (Fsp3) is 0.238. The molecule has 4 rings (SSSR count). The Morgan fingerprint density at radius 1 is 1.07 bits per heavy atom. The number of nitrogens with one attached hydrogen (secondary N) is 1. The zero-order chi connectivity index (χ0) is 20.8. The van der Waals surface area contributed by atoms with Gasteiger partial charge in [0.25, 0.3) is 5.91 Å². The molecular formula is C21H19F2N3O3. The Labute approximate surface area is 166 Å². The fourth-order valence-electron chi connectivity index (χ4n) is 3.27. The van der Waals surface area contributed by atoms with Gasteiger partial charge in [-0.25, -0.2) is 0 Å². The molecule has 0 saturated heterocycles.